The number of benzene rings is 2. The second-order valence-corrected chi connectivity index (χ2v) is 7.23. The minimum Gasteiger partial charge on any atom is -0.494 e. The van der Waals surface area contributed by atoms with Crippen molar-refractivity contribution in [3.8, 4) is 5.75 Å². The fraction of sp³-hybridized carbons (Fsp3) is 0.300. The third-order valence-corrected chi connectivity index (χ3v) is 5.56. The van der Waals surface area contributed by atoms with Crippen molar-refractivity contribution in [1.29, 1.82) is 0 Å². The van der Waals surface area contributed by atoms with E-state index < -0.39 is 17.7 Å². The average Bonchev–Trinajstić information content (AvgIpc) is 2.97. The fourth-order valence-electron chi connectivity index (χ4n) is 3.36. The number of ether oxygens (including phenoxy) is 1. The highest BCUT2D eigenvalue weighted by Gasteiger charge is 2.44. The van der Waals surface area contributed by atoms with Crippen molar-refractivity contribution in [2.24, 2.45) is 5.92 Å². The molecule has 2 amide bonds. The van der Waals surface area contributed by atoms with Gasteiger partial charge in [0.25, 0.3) is 0 Å². The van der Waals surface area contributed by atoms with Gasteiger partial charge in [0.2, 0.25) is 11.8 Å². The Kier molecular flexibility index (Phi) is 5.70. The van der Waals surface area contributed by atoms with E-state index in [9.17, 15) is 14.0 Å². The summed E-state index contributed by atoms with van der Waals surface area (Å²) in [4.78, 5) is 28.0. The number of hydrogen-bond acceptors (Lipinski definition) is 4. The van der Waals surface area contributed by atoms with E-state index in [1.165, 1.54) is 35.9 Å². The molecular weight excluding hydrogens is 367 g/mol. The van der Waals surface area contributed by atoms with Crippen molar-refractivity contribution in [2.75, 3.05) is 32.3 Å². The lowest BCUT2D eigenvalue weighted by Gasteiger charge is -2.18. The maximum Gasteiger partial charge on any atom is 0.237 e. The number of amides is 2. The van der Waals surface area contributed by atoms with E-state index in [1.54, 1.807) is 19.2 Å². The molecule has 0 bridgehead atoms. The van der Waals surface area contributed by atoms with E-state index in [-0.39, 0.29) is 17.6 Å². The fourth-order valence-corrected chi connectivity index (χ4v) is 3.92. The van der Waals surface area contributed by atoms with Gasteiger partial charge < -0.3 is 15.0 Å². The van der Waals surface area contributed by atoms with Crippen LogP contribution in [-0.2, 0) is 9.59 Å². The highest BCUT2D eigenvalue weighted by molar-refractivity contribution is 7.98. The number of likely N-dealkylation sites (tertiary alicyclic amines) is 1. The topological polar surface area (TPSA) is 58.6 Å². The van der Waals surface area contributed by atoms with Crippen LogP contribution in [0.15, 0.2) is 47.4 Å². The second-order valence-electron chi connectivity index (χ2n) is 6.39. The normalized spacial score (nSPS) is 19.3. The summed E-state index contributed by atoms with van der Waals surface area (Å²) in [5.74, 6) is -2.36. The number of para-hydroxylation sites is 1. The van der Waals surface area contributed by atoms with Crippen molar-refractivity contribution < 1.29 is 18.7 Å². The number of thioether (sulfide) groups is 1. The zero-order valence-electron chi connectivity index (χ0n) is 15.4. The minimum absolute atomic E-state index is 0.131. The Bertz CT molecular complexity index is 874. The molecule has 3 rings (SSSR count). The van der Waals surface area contributed by atoms with Gasteiger partial charge in [-0.05, 0) is 36.1 Å². The van der Waals surface area contributed by atoms with Crippen LogP contribution in [0.4, 0.5) is 10.1 Å². The first-order valence-electron chi connectivity index (χ1n) is 8.48. The SMILES string of the molecule is COc1ccc([C@H]2CN(C)C(=O)[C@@H]2C(=O)Nc2ccccc2SC)cc1F. The van der Waals surface area contributed by atoms with Gasteiger partial charge in [0.05, 0.1) is 12.8 Å². The molecule has 2 atom stereocenters. The number of halogens is 1. The molecule has 5 nitrogen and oxygen atoms in total. The molecule has 1 fully saturated rings. The smallest absolute Gasteiger partial charge is 0.237 e. The Hall–Kier alpha value is -2.54. The first-order chi connectivity index (χ1) is 13.0. The van der Waals surface area contributed by atoms with Crippen LogP contribution in [0.2, 0.25) is 0 Å². The summed E-state index contributed by atoms with van der Waals surface area (Å²) in [5.41, 5.74) is 1.27. The quantitative estimate of drug-likeness (QED) is 0.630. The Morgan fingerprint density at radius 3 is 2.70 bits per heavy atom. The predicted octanol–water partition coefficient (Wildman–Crippen LogP) is 3.37. The molecule has 0 radical (unpaired) electrons. The number of hydrogen-bond donors (Lipinski definition) is 1. The van der Waals surface area contributed by atoms with Crippen LogP contribution in [0.5, 0.6) is 5.75 Å². The van der Waals surface area contributed by atoms with Gasteiger partial charge in [0.15, 0.2) is 11.6 Å². The number of nitrogens with one attached hydrogen (secondary N) is 1. The summed E-state index contributed by atoms with van der Waals surface area (Å²) in [7, 11) is 3.04. The average molecular weight is 388 g/mol. The molecule has 0 spiro atoms. The second kappa shape index (κ2) is 8.00. The lowest BCUT2D eigenvalue weighted by Crippen LogP contribution is -2.32. The number of methoxy groups -OCH3 is 1. The van der Waals surface area contributed by atoms with Crippen molar-refractivity contribution in [2.45, 2.75) is 10.8 Å². The predicted molar refractivity (Wildman–Crippen MR) is 104 cm³/mol. The van der Waals surface area contributed by atoms with Gasteiger partial charge in [-0.1, -0.05) is 18.2 Å². The Balaban J connectivity index is 1.90. The molecule has 1 aliphatic heterocycles. The number of carbonyl (C=O) groups is 2. The molecule has 0 unspecified atom stereocenters. The lowest BCUT2D eigenvalue weighted by molar-refractivity contribution is -0.135. The van der Waals surface area contributed by atoms with Crippen LogP contribution in [0.25, 0.3) is 0 Å². The summed E-state index contributed by atoms with van der Waals surface area (Å²) >= 11 is 1.51. The maximum absolute atomic E-state index is 14.1. The Labute approximate surface area is 161 Å². The molecule has 2 aromatic carbocycles. The standard InChI is InChI=1S/C20H21FN2O3S/c1-23-11-13(12-8-9-16(26-2)14(21)10-12)18(20(23)25)19(24)22-15-6-4-5-7-17(15)27-3/h4-10,13,18H,11H2,1-3H3,(H,22,24)/t13-,18+/m1/s1. The number of nitrogens with zero attached hydrogens (tertiary/aromatic N) is 1. The Morgan fingerprint density at radius 2 is 2.04 bits per heavy atom. The highest BCUT2D eigenvalue weighted by Crippen LogP contribution is 2.36. The van der Waals surface area contributed by atoms with E-state index in [0.29, 0.717) is 17.8 Å². The molecule has 27 heavy (non-hydrogen) atoms. The molecule has 7 heteroatoms. The van der Waals surface area contributed by atoms with E-state index in [4.69, 9.17) is 4.74 Å². The van der Waals surface area contributed by atoms with Gasteiger partial charge in [-0.2, -0.15) is 0 Å². The summed E-state index contributed by atoms with van der Waals surface area (Å²) in [5, 5.41) is 2.87. The maximum atomic E-state index is 14.1. The monoisotopic (exact) mass is 388 g/mol. The van der Waals surface area contributed by atoms with Crippen LogP contribution < -0.4 is 10.1 Å². The van der Waals surface area contributed by atoms with Crippen LogP contribution in [-0.4, -0.2) is 43.7 Å². The largest absolute Gasteiger partial charge is 0.494 e. The zero-order chi connectivity index (χ0) is 19.6. The molecule has 1 heterocycles. The molecule has 0 aliphatic carbocycles. The number of rotatable bonds is 5. The van der Waals surface area contributed by atoms with E-state index in [2.05, 4.69) is 5.32 Å². The zero-order valence-corrected chi connectivity index (χ0v) is 16.2. The number of carbonyl (C=O) groups excluding carboxylic acids is 2. The van der Waals surface area contributed by atoms with E-state index in [1.807, 2.05) is 24.5 Å². The molecular formula is C20H21FN2O3S. The molecule has 2 aromatic rings. The molecule has 1 saturated heterocycles. The summed E-state index contributed by atoms with van der Waals surface area (Å²) in [6.45, 7) is 0.354. The van der Waals surface area contributed by atoms with Gasteiger partial charge in [-0.25, -0.2) is 4.39 Å². The third kappa shape index (κ3) is 3.78. The number of anilines is 1. The highest BCUT2D eigenvalue weighted by atomic mass is 32.2. The first-order valence-corrected chi connectivity index (χ1v) is 9.71. The number of likely N-dealkylation sites (N-methyl/N-ethyl adjacent to an activating group) is 1. The van der Waals surface area contributed by atoms with Crippen LogP contribution in [0.1, 0.15) is 11.5 Å². The minimum atomic E-state index is -0.905. The summed E-state index contributed by atoms with van der Waals surface area (Å²) < 4.78 is 19.1. The van der Waals surface area contributed by atoms with E-state index in [0.717, 1.165) is 4.90 Å². The van der Waals surface area contributed by atoms with Crippen molar-refractivity contribution in [3.63, 3.8) is 0 Å². The van der Waals surface area contributed by atoms with Gasteiger partial charge in [0.1, 0.15) is 5.92 Å². The van der Waals surface area contributed by atoms with Crippen molar-refractivity contribution >= 4 is 29.3 Å². The molecule has 1 N–H and O–H groups in total. The molecule has 0 saturated carbocycles. The molecule has 0 aromatic heterocycles. The van der Waals surface area contributed by atoms with Crippen LogP contribution in [0.3, 0.4) is 0 Å². The van der Waals surface area contributed by atoms with Crippen LogP contribution >= 0.6 is 11.8 Å². The van der Waals surface area contributed by atoms with Gasteiger partial charge in [0, 0.05) is 24.4 Å². The molecule has 142 valence electrons. The summed E-state index contributed by atoms with van der Waals surface area (Å²) in [6.07, 6.45) is 1.92. The van der Waals surface area contributed by atoms with Crippen LogP contribution in [0, 0.1) is 11.7 Å². The summed E-state index contributed by atoms with van der Waals surface area (Å²) in [6, 6.07) is 12.0. The lowest BCUT2D eigenvalue weighted by atomic mass is 9.87. The van der Waals surface area contributed by atoms with Crippen molar-refractivity contribution in [3.05, 3.63) is 53.8 Å². The van der Waals surface area contributed by atoms with E-state index >= 15 is 0 Å². The molecule has 1 aliphatic rings. The van der Waals surface area contributed by atoms with Gasteiger partial charge in [-0.15, -0.1) is 11.8 Å². The third-order valence-electron chi connectivity index (χ3n) is 4.77. The Morgan fingerprint density at radius 1 is 1.30 bits per heavy atom. The van der Waals surface area contributed by atoms with Gasteiger partial charge >= 0.3 is 0 Å². The van der Waals surface area contributed by atoms with Gasteiger partial charge in [-0.3, -0.25) is 9.59 Å². The first kappa shape index (κ1) is 19.2. The van der Waals surface area contributed by atoms with Crippen molar-refractivity contribution in [1.82, 2.24) is 4.90 Å².